The van der Waals surface area contributed by atoms with Gasteiger partial charge in [-0.2, -0.15) is 0 Å². The second kappa shape index (κ2) is 11.7. The second-order valence-corrected chi connectivity index (χ2v) is 13.8. The Bertz CT molecular complexity index is 802. The number of ketones is 1. The van der Waals surface area contributed by atoms with Crippen molar-refractivity contribution in [2.75, 3.05) is 13.7 Å². The van der Waals surface area contributed by atoms with Gasteiger partial charge in [0.25, 0.3) is 8.32 Å². The van der Waals surface area contributed by atoms with E-state index in [1.54, 1.807) is 7.11 Å². The van der Waals surface area contributed by atoms with Crippen molar-refractivity contribution in [3.8, 4) is 0 Å². The fraction of sp³-hybridized carbons (Fsp3) is 0.464. The first kappa shape index (κ1) is 26.2. The van der Waals surface area contributed by atoms with Crippen molar-refractivity contribution < 1.29 is 14.0 Å². The molecule has 2 aromatic carbocycles. The molecule has 0 N–H and O–H groups in total. The van der Waals surface area contributed by atoms with Crippen molar-refractivity contribution in [3.63, 3.8) is 0 Å². The van der Waals surface area contributed by atoms with Crippen molar-refractivity contribution in [2.45, 2.75) is 58.6 Å². The highest BCUT2D eigenvalue weighted by molar-refractivity contribution is 6.99. The van der Waals surface area contributed by atoms with E-state index in [2.05, 4.69) is 94.9 Å². The second-order valence-electron chi connectivity index (χ2n) is 9.46. The molecule has 0 spiro atoms. The predicted octanol–water partition coefficient (Wildman–Crippen LogP) is 5.39. The minimum absolute atomic E-state index is 0.0447. The number of hydrogen-bond acceptors (Lipinski definition) is 3. The summed E-state index contributed by atoms with van der Waals surface area (Å²) < 4.78 is 13.0. The number of rotatable bonds is 12. The molecule has 0 fully saturated rings. The zero-order valence-electron chi connectivity index (χ0n) is 20.6. The average Bonchev–Trinajstić information content (AvgIpc) is 2.81. The number of methoxy groups -OCH3 is 1. The highest BCUT2D eigenvalue weighted by Crippen LogP contribution is 2.37. The summed E-state index contributed by atoms with van der Waals surface area (Å²) in [4.78, 5) is 12.5. The maximum absolute atomic E-state index is 12.5. The Hall–Kier alpha value is -2.01. The molecule has 0 saturated heterocycles. The van der Waals surface area contributed by atoms with Gasteiger partial charge in [0.1, 0.15) is 0 Å². The summed E-state index contributed by atoms with van der Waals surface area (Å²) in [7, 11) is -0.925. The number of allylic oxidation sites excluding steroid dienone is 1. The van der Waals surface area contributed by atoms with E-state index in [1.807, 2.05) is 6.92 Å². The SMILES string of the molecule is C=CC(=O)C(CC)C(OC)C(CC)CO[Si](c1ccccc1)(c1ccccc1)C(C)(C)C. The van der Waals surface area contributed by atoms with Crippen LogP contribution < -0.4 is 10.4 Å². The Morgan fingerprint density at radius 2 is 1.47 bits per heavy atom. The van der Waals surface area contributed by atoms with Crippen LogP contribution in [0.2, 0.25) is 5.04 Å². The first-order chi connectivity index (χ1) is 15.3. The quantitative estimate of drug-likeness (QED) is 0.320. The topological polar surface area (TPSA) is 35.5 Å². The van der Waals surface area contributed by atoms with Crippen molar-refractivity contribution in [3.05, 3.63) is 73.3 Å². The van der Waals surface area contributed by atoms with Gasteiger partial charge in [-0.1, -0.05) is 102 Å². The first-order valence-electron chi connectivity index (χ1n) is 11.7. The molecule has 0 aliphatic carbocycles. The van der Waals surface area contributed by atoms with E-state index in [1.165, 1.54) is 16.4 Å². The summed E-state index contributed by atoms with van der Waals surface area (Å²) in [6.07, 6.45) is 2.82. The molecule has 0 radical (unpaired) electrons. The zero-order valence-corrected chi connectivity index (χ0v) is 21.6. The number of carbonyl (C=O) groups excluding carboxylic acids is 1. The summed E-state index contributed by atoms with van der Waals surface area (Å²) in [6.45, 7) is 15.3. The molecule has 0 aromatic heterocycles. The third-order valence-corrected chi connectivity index (χ3v) is 11.6. The lowest BCUT2D eigenvalue weighted by Gasteiger charge is -2.44. The van der Waals surface area contributed by atoms with Crippen molar-refractivity contribution >= 4 is 24.5 Å². The molecule has 32 heavy (non-hydrogen) atoms. The van der Waals surface area contributed by atoms with Crippen molar-refractivity contribution in [1.29, 1.82) is 0 Å². The Morgan fingerprint density at radius 1 is 0.969 bits per heavy atom. The molecule has 3 atom stereocenters. The van der Waals surface area contributed by atoms with E-state index < -0.39 is 8.32 Å². The minimum Gasteiger partial charge on any atom is -0.407 e. The van der Waals surface area contributed by atoms with E-state index in [-0.39, 0.29) is 28.8 Å². The van der Waals surface area contributed by atoms with Gasteiger partial charge >= 0.3 is 0 Å². The van der Waals surface area contributed by atoms with Crippen LogP contribution in [0.15, 0.2) is 73.3 Å². The van der Waals surface area contributed by atoms with Crippen LogP contribution in [-0.4, -0.2) is 33.9 Å². The van der Waals surface area contributed by atoms with Gasteiger partial charge in [0.05, 0.1) is 6.10 Å². The van der Waals surface area contributed by atoms with E-state index >= 15 is 0 Å². The lowest BCUT2D eigenvalue weighted by Crippen LogP contribution is -2.67. The lowest BCUT2D eigenvalue weighted by atomic mass is 9.85. The molecule has 0 aliphatic rings. The monoisotopic (exact) mass is 452 g/mol. The van der Waals surface area contributed by atoms with Crippen LogP contribution in [0.25, 0.3) is 0 Å². The molecule has 3 unspecified atom stereocenters. The highest BCUT2D eigenvalue weighted by Gasteiger charge is 2.50. The van der Waals surface area contributed by atoms with Gasteiger partial charge in [-0.25, -0.2) is 0 Å². The van der Waals surface area contributed by atoms with Gasteiger partial charge in [-0.15, -0.1) is 0 Å². The number of ether oxygens (including phenoxy) is 1. The summed E-state index contributed by atoms with van der Waals surface area (Å²) in [5.41, 5.74) is 0. The summed E-state index contributed by atoms with van der Waals surface area (Å²) in [5.74, 6) is -0.0519. The first-order valence-corrected chi connectivity index (χ1v) is 13.6. The summed E-state index contributed by atoms with van der Waals surface area (Å²) in [6, 6.07) is 21.3. The minimum atomic E-state index is -2.63. The van der Waals surface area contributed by atoms with Crippen molar-refractivity contribution in [2.24, 2.45) is 11.8 Å². The largest absolute Gasteiger partial charge is 0.407 e. The summed E-state index contributed by atoms with van der Waals surface area (Å²) >= 11 is 0. The third kappa shape index (κ3) is 5.48. The van der Waals surface area contributed by atoms with E-state index in [0.717, 1.165) is 12.8 Å². The Kier molecular flexibility index (Phi) is 9.62. The van der Waals surface area contributed by atoms with Gasteiger partial charge in [-0.3, -0.25) is 4.79 Å². The normalized spacial score (nSPS) is 15.1. The molecule has 174 valence electrons. The molecular formula is C28H40O3Si. The lowest BCUT2D eigenvalue weighted by molar-refractivity contribution is -0.125. The Morgan fingerprint density at radius 3 is 1.81 bits per heavy atom. The maximum Gasteiger partial charge on any atom is 0.261 e. The Labute approximate surface area is 196 Å². The molecule has 0 amide bonds. The van der Waals surface area contributed by atoms with Crippen LogP contribution in [0.5, 0.6) is 0 Å². The molecule has 0 heterocycles. The van der Waals surface area contributed by atoms with E-state index in [9.17, 15) is 4.79 Å². The third-order valence-electron chi connectivity index (χ3n) is 6.59. The molecule has 2 aromatic rings. The maximum atomic E-state index is 12.5. The van der Waals surface area contributed by atoms with Crippen molar-refractivity contribution in [1.82, 2.24) is 0 Å². The standard InChI is InChI=1S/C28H40O3Si/c1-8-22(27(30-7)25(9-2)26(29)10-3)21-31-32(28(4,5)6,23-17-13-11-14-18-23)24-19-15-12-16-20-24/h10-20,22,25,27H,3,8-9,21H2,1-2,4-7H3. The van der Waals surface area contributed by atoms with Crippen LogP contribution in [0.4, 0.5) is 0 Å². The molecule has 0 bridgehead atoms. The number of hydrogen-bond donors (Lipinski definition) is 0. The predicted molar refractivity (Wildman–Crippen MR) is 137 cm³/mol. The number of benzene rings is 2. The Balaban J connectivity index is 2.52. The van der Waals surface area contributed by atoms with E-state index in [4.69, 9.17) is 9.16 Å². The van der Waals surface area contributed by atoms with Crippen LogP contribution in [0, 0.1) is 11.8 Å². The van der Waals surface area contributed by atoms with Crippen LogP contribution in [-0.2, 0) is 14.0 Å². The van der Waals surface area contributed by atoms with Gasteiger partial charge < -0.3 is 9.16 Å². The van der Waals surface area contributed by atoms with Gasteiger partial charge in [0, 0.05) is 25.6 Å². The smallest absolute Gasteiger partial charge is 0.261 e. The van der Waals surface area contributed by atoms with Crippen LogP contribution in [0.1, 0.15) is 47.5 Å². The molecule has 2 rings (SSSR count). The molecule has 4 heteroatoms. The highest BCUT2D eigenvalue weighted by atomic mass is 28.4. The number of carbonyl (C=O) groups is 1. The molecular weight excluding hydrogens is 412 g/mol. The fourth-order valence-corrected chi connectivity index (χ4v) is 9.49. The van der Waals surface area contributed by atoms with Crippen LogP contribution >= 0.6 is 0 Å². The summed E-state index contributed by atoms with van der Waals surface area (Å²) in [5, 5.41) is 2.44. The van der Waals surface area contributed by atoms with E-state index in [0.29, 0.717) is 6.61 Å². The average molecular weight is 453 g/mol. The molecule has 0 aliphatic heterocycles. The van der Waals surface area contributed by atoms with Gasteiger partial charge in [-0.05, 0) is 34.3 Å². The van der Waals surface area contributed by atoms with Gasteiger partial charge in [0.2, 0.25) is 0 Å². The molecule has 0 saturated carbocycles. The fourth-order valence-electron chi connectivity index (χ4n) is 4.87. The molecule has 3 nitrogen and oxygen atoms in total. The zero-order chi connectivity index (χ0) is 23.8. The van der Waals surface area contributed by atoms with Gasteiger partial charge in [0.15, 0.2) is 5.78 Å². The van der Waals surface area contributed by atoms with Crippen LogP contribution in [0.3, 0.4) is 0 Å².